The van der Waals surface area contributed by atoms with E-state index in [-0.39, 0.29) is 23.5 Å². The van der Waals surface area contributed by atoms with Crippen LogP contribution in [0.4, 0.5) is 5.69 Å². The number of aryl methyl sites for hydroxylation is 1. The van der Waals surface area contributed by atoms with Crippen molar-refractivity contribution in [1.29, 1.82) is 0 Å². The summed E-state index contributed by atoms with van der Waals surface area (Å²) in [5.74, 6) is -0.615. The van der Waals surface area contributed by atoms with Gasteiger partial charge in [-0.25, -0.2) is 8.42 Å². The molecule has 0 radical (unpaired) electrons. The summed E-state index contributed by atoms with van der Waals surface area (Å²) in [6, 6.07) is 24.3. The first-order valence-corrected chi connectivity index (χ1v) is 16.9. The molecule has 8 nitrogen and oxygen atoms in total. The third kappa shape index (κ3) is 8.18. The molecule has 0 spiro atoms. The molecule has 0 aliphatic heterocycles. The number of carbonyl (C=O) groups excluding carboxylic acids is 2. The number of nitrogens with one attached hydrogen (secondary N) is 1. The highest BCUT2D eigenvalue weighted by Gasteiger charge is 2.35. The first-order valence-electron chi connectivity index (χ1n) is 13.9. The predicted octanol–water partition coefficient (Wildman–Crippen LogP) is 6.65. The van der Waals surface area contributed by atoms with Gasteiger partial charge in [-0.05, 0) is 70.9 Å². The fraction of sp³-hybridized carbons (Fsp3) is 0.212. The average molecular weight is 734 g/mol. The molecule has 1 unspecified atom stereocenters. The third-order valence-corrected chi connectivity index (χ3v) is 10.3. The van der Waals surface area contributed by atoms with Gasteiger partial charge in [0.2, 0.25) is 11.8 Å². The number of rotatable bonds is 12. The first-order chi connectivity index (χ1) is 21.5. The lowest BCUT2D eigenvalue weighted by molar-refractivity contribution is -0.139. The summed E-state index contributed by atoms with van der Waals surface area (Å²) < 4.78 is 35.2. The Labute approximate surface area is 282 Å². The molecule has 0 aromatic heterocycles. The molecule has 0 heterocycles. The lowest BCUT2D eigenvalue weighted by Crippen LogP contribution is -2.53. The summed E-state index contributed by atoms with van der Waals surface area (Å²) in [6.07, 6.45) is 0.164. The second kappa shape index (κ2) is 15.1. The Morgan fingerprint density at radius 1 is 0.933 bits per heavy atom. The zero-order chi connectivity index (χ0) is 32.7. The van der Waals surface area contributed by atoms with Crippen LogP contribution in [0.1, 0.15) is 16.7 Å². The number of ether oxygens (including phenoxy) is 1. The van der Waals surface area contributed by atoms with Crippen molar-refractivity contribution in [1.82, 2.24) is 10.2 Å². The van der Waals surface area contributed by atoms with Crippen molar-refractivity contribution in [2.45, 2.75) is 30.8 Å². The van der Waals surface area contributed by atoms with Gasteiger partial charge in [-0.3, -0.25) is 13.9 Å². The second-order valence-corrected chi connectivity index (χ2v) is 13.7. The zero-order valence-corrected chi connectivity index (χ0v) is 28.8. The summed E-state index contributed by atoms with van der Waals surface area (Å²) in [4.78, 5) is 29.1. The van der Waals surface area contributed by atoms with Crippen LogP contribution in [0.3, 0.4) is 0 Å². The van der Waals surface area contributed by atoms with Crippen molar-refractivity contribution in [2.24, 2.45) is 0 Å². The molecule has 0 saturated carbocycles. The second-order valence-electron chi connectivity index (χ2n) is 10.2. The third-order valence-electron chi connectivity index (χ3n) is 7.22. The topological polar surface area (TPSA) is 96.0 Å². The van der Waals surface area contributed by atoms with E-state index >= 15 is 0 Å². The van der Waals surface area contributed by atoms with E-state index < -0.39 is 34.4 Å². The standard InChI is InChI=1S/C33H32BrCl2N3O5S/c1-22-12-14-24(15-13-22)39(45(42,43)25-16-17-31(44-3)27(34)19-25)21-32(40)38(20-26-28(35)10-7-11-29(26)36)30(33(41)37-2)18-23-8-5-4-6-9-23/h4-17,19,30H,18,20-21H2,1-3H3,(H,37,41). The molecule has 4 aromatic rings. The Morgan fingerprint density at radius 3 is 2.16 bits per heavy atom. The normalized spacial score (nSPS) is 11.9. The van der Waals surface area contributed by atoms with Crippen molar-refractivity contribution >= 4 is 66.7 Å². The maximum Gasteiger partial charge on any atom is 0.264 e. The molecule has 12 heteroatoms. The van der Waals surface area contributed by atoms with Crippen molar-refractivity contribution in [3.63, 3.8) is 0 Å². The van der Waals surface area contributed by atoms with Crippen LogP contribution in [-0.2, 0) is 32.6 Å². The maximum absolute atomic E-state index is 14.4. The number of hydrogen-bond acceptors (Lipinski definition) is 5. The monoisotopic (exact) mass is 731 g/mol. The number of methoxy groups -OCH3 is 1. The van der Waals surface area contributed by atoms with Gasteiger partial charge < -0.3 is 15.0 Å². The van der Waals surface area contributed by atoms with Crippen LogP contribution >= 0.6 is 39.1 Å². The number of anilines is 1. The molecule has 0 saturated heterocycles. The summed E-state index contributed by atoms with van der Waals surface area (Å²) >= 11 is 16.4. The molecule has 4 aromatic carbocycles. The molecule has 4 rings (SSSR count). The fourth-order valence-electron chi connectivity index (χ4n) is 4.75. The minimum Gasteiger partial charge on any atom is -0.496 e. The number of amides is 2. The maximum atomic E-state index is 14.4. The highest BCUT2D eigenvalue weighted by molar-refractivity contribution is 9.10. The van der Waals surface area contributed by atoms with Crippen LogP contribution in [0.15, 0.2) is 100 Å². The minimum absolute atomic E-state index is 0.0589. The molecular weight excluding hydrogens is 701 g/mol. The molecule has 2 amide bonds. The van der Waals surface area contributed by atoms with E-state index in [1.54, 1.807) is 42.5 Å². The summed E-state index contributed by atoms with van der Waals surface area (Å²) in [5, 5.41) is 3.27. The number of carbonyl (C=O) groups is 2. The van der Waals surface area contributed by atoms with E-state index in [4.69, 9.17) is 27.9 Å². The van der Waals surface area contributed by atoms with E-state index in [0.29, 0.717) is 25.8 Å². The van der Waals surface area contributed by atoms with Gasteiger partial charge in [0.25, 0.3) is 10.0 Å². The van der Waals surface area contributed by atoms with Gasteiger partial charge in [0.05, 0.1) is 22.2 Å². The number of likely N-dealkylation sites (N-methyl/N-ethyl adjacent to an activating group) is 1. The Kier molecular flexibility index (Phi) is 11.5. The summed E-state index contributed by atoms with van der Waals surface area (Å²) in [7, 11) is -1.34. The quantitative estimate of drug-likeness (QED) is 0.176. The highest BCUT2D eigenvalue weighted by Crippen LogP contribution is 2.32. The van der Waals surface area contributed by atoms with E-state index in [1.165, 1.54) is 37.3 Å². The van der Waals surface area contributed by atoms with Crippen molar-refractivity contribution in [2.75, 3.05) is 25.0 Å². The lowest BCUT2D eigenvalue weighted by atomic mass is 10.0. The van der Waals surface area contributed by atoms with Gasteiger partial charge >= 0.3 is 0 Å². The number of nitrogens with zero attached hydrogens (tertiary/aromatic N) is 2. The number of benzene rings is 4. The first kappa shape index (κ1) is 34.3. The molecule has 1 N–H and O–H groups in total. The smallest absolute Gasteiger partial charge is 0.264 e. The molecule has 0 aliphatic rings. The zero-order valence-electron chi connectivity index (χ0n) is 24.8. The van der Waals surface area contributed by atoms with Crippen LogP contribution in [-0.4, -0.2) is 51.9 Å². The molecule has 236 valence electrons. The van der Waals surface area contributed by atoms with Crippen LogP contribution < -0.4 is 14.4 Å². The number of halogens is 3. The average Bonchev–Trinajstić information content (AvgIpc) is 3.03. The Balaban J connectivity index is 1.83. The van der Waals surface area contributed by atoms with Crippen molar-refractivity contribution < 1.29 is 22.7 Å². The van der Waals surface area contributed by atoms with Gasteiger partial charge in [0.15, 0.2) is 0 Å². The highest BCUT2D eigenvalue weighted by atomic mass is 79.9. The summed E-state index contributed by atoms with van der Waals surface area (Å²) in [5.41, 5.74) is 2.42. The molecular formula is C33H32BrCl2N3O5S. The van der Waals surface area contributed by atoms with Gasteiger partial charge in [-0.2, -0.15) is 0 Å². The van der Waals surface area contributed by atoms with Gasteiger partial charge in [0.1, 0.15) is 18.3 Å². The van der Waals surface area contributed by atoms with Gasteiger partial charge in [-0.15, -0.1) is 0 Å². The van der Waals surface area contributed by atoms with E-state index in [2.05, 4.69) is 21.2 Å². The van der Waals surface area contributed by atoms with Gasteiger partial charge in [-0.1, -0.05) is 77.3 Å². The Morgan fingerprint density at radius 2 is 1.58 bits per heavy atom. The number of hydrogen-bond donors (Lipinski definition) is 1. The SMILES string of the molecule is CNC(=O)C(Cc1ccccc1)N(Cc1c(Cl)cccc1Cl)C(=O)CN(c1ccc(C)cc1)S(=O)(=O)c1ccc(OC)c(Br)c1. The van der Waals surface area contributed by atoms with Crippen molar-refractivity contribution in [3.05, 3.63) is 122 Å². The molecule has 0 bridgehead atoms. The predicted molar refractivity (Wildman–Crippen MR) is 181 cm³/mol. The van der Waals surface area contributed by atoms with E-state index in [0.717, 1.165) is 15.4 Å². The largest absolute Gasteiger partial charge is 0.496 e. The van der Waals surface area contributed by atoms with Gasteiger partial charge in [0, 0.05) is 35.6 Å². The van der Waals surface area contributed by atoms with Crippen molar-refractivity contribution in [3.8, 4) is 5.75 Å². The van der Waals surface area contributed by atoms with Crippen LogP contribution in [0.2, 0.25) is 10.0 Å². The molecule has 1 atom stereocenters. The van der Waals surface area contributed by atoms with Crippen LogP contribution in [0.25, 0.3) is 0 Å². The Hall–Kier alpha value is -3.57. The number of sulfonamides is 1. The molecule has 0 fully saturated rings. The Bertz CT molecular complexity index is 1750. The minimum atomic E-state index is -4.30. The molecule has 0 aliphatic carbocycles. The molecule has 45 heavy (non-hydrogen) atoms. The van der Waals surface area contributed by atoms with Crippen LogP contribution in [0.5, 0.6) is 5.75 Å². The van der Waals surface area contributed by atoms with Crippen LogP contribution in [0, 0.1) is 6.92 Å². The lowest BCUT2D eigenvalue weighted by Gasteiger charge is -2.34. The fourth-order valence-corrected chi connectivity index (χ4v) is 7.40. The summed E-state index contributed by atoms with van der Waals surface area (Å²) in [6.45, 7) is 1.12. The van der Waals surface area contributed by atoms with E-state index in [1.807, 2.05) is 37.3 Å². The van der Waals surface area contributed by atoms with E-state index in [9.17, 15) is 18.0 Å².